The van der Waals surface area contributed by atoms with Crippen LogP contribution in [-0.4, -0.2) is 20.8 Å². The highest BCUT2D eigenvalue weighted by atomic mass is 32.2. The van der Waals surface area contributed by atoms with Gasteiger partial charge in [0.25, 0.3) is 10.1 Å². The van der Waals surface area contributed by atoms with E-state index in [4.69, 9.17) is 0 Å². The Balaban J connectivity index is 3.87. The van der Waals surface area contributed by atoms with Crippen molar-refractivity contribution in [1.82, 2.24) is 0 Å². The first-order chi connectivity index (χ1) is 4.62. The number of rotatable bonds is 5. The third kappa shape index (κ3) is 4.29. The molecule has 0 aliphatic heterocycles. The van der Waals surface area contributed by atoms with Gasteiger partial charge in [-0.25, -0.2) is 0 Å². The van der Waals surface area contributed by atoms with Gasteiger partial charge in [0.1, 0.15) is 0 Å². The van der Waals surface area contributed by atoms with Gasteiger partial charge >= 0.3 is 0 Å². The Labute approximate surface area is 61.1 Å². The summed E-state index contributed by atoms with van der Waals surface area (Å²) in [5.41, 5.74) is 0. The molecule has 0 spiro atoms. The van der Waals surface area contributed by atoms with E-state index in [0.29, 0.717) is 0 Å². The topological polar surface area (TPSA) is 43.4 Å². The van der Waals surface area contributed by atoms with E-state index in [-0.39, 0.29) is 12.4 Å². The lowest BCUT2D eigenvalue weighted by Gasteiger charge is -1.97. The van der Waals surface area contributed by atoms with Crippen LogP contribution in [0.15, 0.2) is 25.3 Å². The van der Waals surface area contributed by atoms with Crippen LogP contribution in [0.2, 0.25) is 0 Å². The minimum Gasteiger partial charge on any atom is -0.266 e. The van der Waals surface area contributed by atoms with Crippen LogP contribution in [0.25, 0.3) is 0 Å². The van der Waals surface area contributed by atoms with Gasteiger partial charge < -0.3 is 0 Å². The van der Waals surface area contributed by atoms with Gasteiger partial charge in [0.2, 0.25) is 0 Å². The van der Waals surface area contributed by atoms with Gasteiger partial charge in [-0.05, 0) is 0 Å². The van der Waals surface area contributed by atoms with Gasteiger partial charge in [-0.1, -0.05) is 12.2 Å². The molecule has 4 heteroatoms. The summed E-state index contributed by atoms with van der Waals surface area (Å²) in [5.74, 6) is -0.152. The Morgan fingerprint density at radius 2 is 1.90 bits per heavy atom. The third-order valence-corrected chi connectivity index (χ3v) is 1.83. The Bertz CT molecular complexity index is 203. The van der Waals surface area contributed by atoms with Crippen molar-refractivity contribution in [2.45, 2.75) is 0 Å². The molecule has 3 nitrogen and oxygen atoms in total. The normalized spacial score (nSPS) is 10.8. The van der Waals surface area contributed by atoms with Crippen LogP contribution in [0.4, 0.5) is 0 Å². The lowest BCUT2D eigenvalue weighted by atomic mass is 10.7. The smallest absolute Gasteiger partial charge is 0.266 e. The summed E-state index contributed by atoms with van der Waals surface area (Å²) in [5, 5.41) is 0. The highest BCUT2D eigenvalue weighted by Gasteiger charge is 2.05. The molecule has 0 aromatic carbocycles. The summed E-state index contributed by atoms with van der Waals surface area (Å²) in [6.07, 6.45) is 2.65. The molecule has 0 saturated heterocycles. The van der Waals surface area contributed by atoms with Gasteiger partial charge in [0, 0.05) is 0 Å². The molecule has 0 amide bonds. The molecular weight excluding hydrogens is 152 g/mol. The average Bonchev–Trinajstić information content (AvgIpc) is 1.84. The zero-order valence-electron chi connectivity index (χ0n) is 5.62. The van der Waals surface area contributed by atoms with Gasteiger partial charge in [-0.15, -0.1) is 13.2 Å². The van der Waals surface area contributed by atoms with Crippen LogP contribution in [0.5, 0.6) is 0 Å². The van der Waals surface area contributed by atoms with E-state index in [2.05, 4.69) is 17.3 Å². The zero-order chi connectivity index (χ0) is 8.04. The van der Waals surface area contributed by atoms with Crippen LogP contribution in [-0.2, 0) is 14.3 Å². The summed E-state index contributed by atoms with van der Waals surface area (Å²) in [7, 11) is -3.38. The fraction of sp³-hybridized carbons (Fsp3) is 0.333. The van der Waals surface area contributed by atoms with Crippen molar-refractivity contribution in [2.75, 3.05) is 12.4 Å². The van der Waals surface area contributed by atoms with E-state index in [1.54, 1.807) is 0 Å². The third-order valence-electron chi connectivity index (χ3n) is 0.687. The molecule has 0 rings (SSSR count). The summed E-state index contributed by atoms with van der Waals surface area (Å²) < 4.78 is 25.7. The minimum atomic E-state index is -3.38. The highest BCUT2D eigenvalue weighted by Crippen LogP contribution is 1.92. The molecule has 0 heterocycles. The maximum absolute atomic E-state index is 10.6. The van der Waals surface area contributed by atoms with E-state index in [0.717, 1.165) is 0 Å². The van der Waals surface area contributed by atoms with Crippen molar-refractivity contribution in [3.63, 3.8) is 0 Å². The number of hydrogen-bond acceptors (Lipinski definition) is 3. The first kappa shape index (κ1) is 9.39. The maximum Gasteiger partial charge on any atom is 0.271 e. The predicted octanol–water partition coefficient (Wildman–Crippen LogP) is 0.705. The van der Waals surface area contributed by atoms with Crippen LogP contribution < -0.4 is 0 Å². The standard InChI is InChI=1S/C6H10O3S/c1-3-5-9-10(7,8)6-4-2/h3-4H,1-2,5-6H2. The average molecular weight is 162 g/mol. The molecule has 0 atom stereocenters. The Hall–Kier alpha value is -0.610. The summed E-state index contributed by atoms with van der Waals surface area (Å²) in [4.78, 5) is 0. The van der Waals surface area contributed by atoms with Gasteiger partial charge in [0.15, 0.2) is 0 Å². The molecule has 58 valence electrons. The van der Waals surface area contributed by atoms with Crippen LogP contribution in [0, 0.1) is 0 Å². The van der Waals surface area contributed by atoms with Crippen molar-refractivity contribution in [3.8, 4) is 0 Å². The fourth-order valence-electron chi connectivity index (χ4n) is 0.344. The molecule has 0 aromatic heterocycles. The second kappa shape index (κ2) is 4.24. The maximum atomic E-state index is 10.6. The van der Waals surface area contributed by atoms with Crippen molar-refractivity contribution < 1.29 is 12.6 Å². The van der Waals surface area contributed by atoms with E-state index in [9.17, 15) is 8.42 Å². The minimum absolute atomic E-state index is 0.0240. The quantitative estimate of drug-likeness (QED) is 0.441. The van der Waals surface area contributed by atoms with Crippen molar-refractivity contribution in [1.29, 1.82) is 0 Å². The predicted molar refractivity (Wildman–Crippen MR) is 40.1 cm³/mol. The molecular formula is C6H10O3S. The molecule has 0 radical (unpaired) electrons. The largest absolute Gasteiger partial charge is 0.271 e. The first-order valence-electron chi connectivity index (χ1n) is 2.71. The summed E-state index contributed by atoms with van der Waals surface area (Å²) in [6, 6.07) is 0. The Kier molecular flexibility index (Phi) is 3.99. The Morgan fingerprint density at radius 3 is 2.30 bits per heavy atom. The first-order valence-corrected chi connectivity index (χ1v) is 4.29. The molecule has 0 aliphatic rings. The fourth-order valence-corrected chi connectivity index (χ4v) is 1.03. The second-order valence-electron chi connectivity index (χ2n) is 1.59. The second-order valence-corrected chi connectivity index (χ2v) is 3.27. The highest BCUT2D eigenvalue weighted by molar-refractivity contribution is 7.86. The summed E-state index contributed by atoms with van der Waals surface area (Å²) in [6.45, 7) is 6.60. The molecule has 0 unspecified atom stereocenters. The number of hydrogen-bond donors (Lipinski definition) is 0. The lowest BCUT2D eigenvalue weighted by molar-refractivity contribution is 0.359. The monoisotopic (exact) mass is 162 g/mol. The van der Waals surface area contributed by atoms with E-state index in [1.165, 1.54) is 12.2 Å². The lowest BCUT2D eigenvalue weighted by Crippen LogP contribution is -2.08. The summed E-state index contributed by atoms with van der Waals surface area (Å²) >= 11 is 0. The van der Waals surface area contributed by atoms with Crippen LogP contribution in [0.1, 0.15) is 0 Å². The molecule has 10 heavy (non-hydrogen) atoms. The molecule has 0 aromatic rings. The molecule has 0 aliphatic carbocycles. The van der Waals surface area contributed by atoms with Gasteiger partial charge in [0.05, 0.1) is 12.4 Å². The zero-order valence-corrected chi connectivity index (χ0v) is 6.43. The molecule has 0 bridgehead atoms. The van der Waals surface area contributed by atoms with Gasteiger partial charge in [-0.3, -0.25) is 4.18 Å². The van der Waals surface area contributed by atoms with Crippen molar-refractivity contribution >= 4 is 10.1 Å². The van der Waals surface area contributed by atoms with Crippen molar-refractivity contribution in [2.24, 2.45) is 0 Å². The molecule has 0 saturated carbocycles. The van der Waals surface area contributed by atoms with Crippen LogP contribution >= 0.6 is 0 Å². The SMILES string of the molecule is C=CCOS(=O)(=O)CC=C. The van der Waals surface area contributed by atoms with E-state index < -0.39 is 10.1 Å². The van der Waals surface area contributed by atoms with E-state index in [1.807, 2.05) is 0 Å². The van der Waals surface area contributed by atoms with E-state index >= 15 is 0 Å². The van der Waals surface area contributed by atoms with Gasteiger partial charge in [-0.2, -0.15) is 8.42 Å². The van der Waals surface area contributed by atoms with Crippen molar-refractivity contribution in [3.05, 3.63) is 25.3 Å². The van der Waals surface area contributed by atoms with Crippen LogP contribution in [0.3, 0.4) is 0 Å². The molecule has 0 N–H and O–H groups in total. The Morgan fingerprint density at radius 1 is 1.30 bits per heavy atom. The molecule has 0 fully saturated rings.